The Morgan fingerprint density at radius 1 is 1.24 bits per heavy atom. The van der Waals surface area contributed by atoms with Crippen molar-refractivity contribution in [3.05, 3.63) is 42.5 Å². The summed E-state index contributed by atoms with van der Waals surface area (Å²) in [6.45, 7) is 14.7. The molecule has 3 unspecified atom stereocenters. The number of thioether (sulfide) groups is 1. The molecule has 0 aliphatic heterocycles. The normalized spacial score (nSPS) is 41.8. The van der Waals surface area contributed by atoms with Gasteiger partial charge in [-0.1, -0.05) is 51.5 Å². The van der Waals surface area contributed by atoms with Crippen LogP contribution in [0.2, 0.25) is 0 Å². The van der Waals surface area contributed by atoms with Crippen LogP contribution < -0.4 is 0 Å². The predicted molar refractivity (Wildman–Crippen MR) is 137 cm³/mol. The molecule has 0 heterocycles. The fourth-order valence-corrected chi connectivity index (χ4v) is 8.15. The summed E-state index contributed by atoms with van der Waals surface area (Å²) in [4.78, 5) is 27.6. The van der Waals surface area contributed by atoms with Crippen LogP contribution in [0.3, 0.4) is 0 Å². The summed E-state index contributed by atoms with van der Waals surface area (Å²) in [5.74, 6) is 0.271. The van der Waals surface area contributed by atoms with Gasteiger partial charge in [0.1, 0.15) is 11.9 Å². The molecule has 1 N–H and O–H groups in total. The number of ether oxygens (including phenoxy) is 1. The van der Waals surface area contributed by atoms with Gasteiger partial charge in [0.05, 0.1) is 11.9 Å². The SMILES string of the molecule is C=C[C@]1(C)C[C@@H](OC(=O)CSc2ccc(C)cc2)[C@]2(C)C(C)CCC3(CCC(=O)C32)[C@@H](C)[C@@H]1O. The lowest BCUT2D eigenvalue weighted by atomic mass is 9.44. The Balaban J connectivity index is 1.68. The van der Waals surface area contributed by atoms with E-state index in [1.54, 1.807) is 0 Å². The van der Waals surface area contributed by atoms with E-state index in [-0.39, 0.29) is 40.7 Å². The molecule has 1 aromatic rings. The second-order valence-electron chi connectivity index (χ2n) is 11.7. The number of hydrogen-bond acceptors (Lipinski definition) is 5. The van der Waals surface area contributed by atoms with Gasteiger partial charge in [-0.15, -0.1) is 18.3 Å². The van der Waals surface area contributed by atoms with Crippen molar-refractivity contribution in [3.63, 3.8) is 0 Å². The molecule has 0 amide bonds. The summed E-state index contributed by atoms with van der Waals surface area (Å²) in [6.07, 6.45) is 4.51. The molecule has 2 bridgehead atoms. The first-order valence-electron chi connectivity index (χ1n) is 12.7. The monoisotopic (exact) mass is 484 g/mol. The summed E-state index contributed by atoms with van der Waals surface area (Å²) in [5, 5.41) is 11.6. The first kappa shape index (κ1) is 25.5. The zero-order valence-electron chi connectivity index (χ0n) is 21.3. The molecule has 4 nitrogen and oxygen atoms in total. The van der Waals surface area contributed by atoms with Crippen molar-refractivity contribution in [2.45, 2.75) is 83.8 Å². The first-order valence-corrected chi connectivity index (χ1v) is 13.7. The number of carbonyl (C=O) groups is 2. The van der Waals surface area contributed by atoms with E-state index in [4.69, 9.17) is 4.74 Å². The van der Waals surface area contributed by atoms with Crippen LogP contribution >= 0.6 is 11.8 Å². The van der Waals surface area contributed by atoms with Crippen LogP contribution in [0.4, 0.5) is 0 Å². The van der Waals surface area contributed by atoms with Crippen molar-refractivity contribution >= 4 is 23.5 Å². The molecule has 0 aromatic heterocycles. The second-order valence-corrected chi connectivity index (χ2v) is 12.7. The molecule has 34 heavy (non-hydrogen) atoms. The molecule has 3 aliphatic rings. The molecule has 1 aromatic carbocycles. The fraction of sp³-hybridized carbons (Fsp3) is 0.655. The summed E-state index contributed by atoms with van der Waals surface area (Å²) < 4.78 is 6.29. The van der Waals surface area contributed by atoms with Gasteiger partial charge in [0.2, 0.25) is 0 Å². The maximum atomic E-state index is 13.4. The molecule has 0 saturated heterocycles. The van der Waals surface area contributed by atoms with Gasteiger partial charge < -0.3 is 9.84 Å². The van der Waals surface area contributed by atoms with Crippen LogP contribution in [0.1, 0.15) is 65.4 Å². The van der Waals surface area contributed by atoms with Gasteiger partial charge in [-0.25, -0.2) is 0 Å². The lowest BCUT2D eigenvalue weighted by Gasteiger charge is -2.61. The van der Waals surface area contributed by atoms with Gasteiger partial charge in [-0.05, 0) is 62.0 Å². The Morgan fingerprint density at radius 2 is 1.91 bits per heavy atom. The highest BCUT2D eigenvalue weighted by Gasteiger charge is 2.68. The van der Waals surface area contributed by atoms with Gasteiger partial charge in [0.25, 0.3) is 0 Å². The fourth-order valence-electron chi connectivity index (χ4n) is 7.47. The van der Waals surface area contributed by atoms with E-state index in [1.807, 2.05) is 44.2 Å². The van der Waals surface area contributed by atoms with Crippen molar-refractivity contribution in [1.82, 2.24) is 0 Å². The summed E-state index contributed by atoms with van der Waals surface area (Å²) in [5.41, 5.74) is -0.128. The third kappa shape index (κ3) is 3.97. The second kappa shape index (κ2) is 9.13. The molecule has 8 atom stereocenters. The third-order valence-corrected chi connectivity index (χ3v) is 10.9. The average Bonchev–Trinajstić information content (AvgIpc) is 3.17. The number of esters is 1. The van der Waals surface area contributed by atoms with E-state index in [0.29, 0.717) is 12.8 Å². The first-order chi connectivity index (χ1) is 16.0. The minimum atomic E-state index is -0.639. The molecular weight excluding hydrogens is 444 g/mol. The highest BCUT2D eigenvalue weighted by atomic mass is 32.2. The molecule has 3 aliphatic carbocycles. The maximum Gasteiger partial charge on any atom is 0.316 e. The summed E-state index contributed by atoms with van der Waals surface area (Å²) in [6, 6.07) is 8.12. The van der Waals surface area contributed by atoms with Crippen LogP contribution in [0.15, 0.2) is 41.8 Å². The van der Waals surface area contributed by atoms with E-state index >= 15 is 0 Å². The molecule has 4 rings (SSSR count). The smallest absolute Gasteiger partial charge is 0.316 e. The van der Waals surface area contributed by atoms with Gasteiger partial charge >= 0.3 is 5.97 Å². The summed E-state index contributed by atoms with van der Waals surface area (Å²) in [7, 11) is 0. The zero-order chi connectivity index (χ0) is 24.9. The Morgan fingerprint density at radius 3 is 2.56 bits per heavy atom. The highest BCUT2D eigenvalue weighted by Crippen LogP contribution is 2.68. The van der Waals surface area contributed by atoms with Gasteiger partial charge in [-0.2, -0.15) is 0 Å². The highest BCUT2D eigenvalue weighted by molar-refractivity contribution is 8.00. The lowest BCUT2D eigenvalue weighted by molar-refractivity contribution is -0.205. The van der Waals surface area contributed by atoms with Crippen LogP contribution in [-0.4, -0.2) is 34.8 Å². The van der Waals surface area contributed by atoms with Crippen LogP contribution in [0, 0.1) is 40.9 Å². The molecule has 5 heteroatoms. The molecule has 186 valence electrons. The molecule has 0 spiro atoms. The number of hydrogen-bond donors (Lipinski definition) is 1. The Labute approximate surface area is 208 Å². The number of aryl methyl sites for hydroxylation is 1. The van der Waals surface area contributed by atoms with E-state index in [0.717, 1.165) is 24.2 Å². The van der Waals surface area contributed by atoms with Gasteiger partial charge in [0.15, 0.2) is 0 Å². The van der Waals surface area contributed by atoms with E-state index in [2.05, 4.69) is 27.4 Å². The molecule has 3 fully saturated rings. The average molecular weight is 485 g/mol. The number of Topliss-reactive ketones (excluding diaryl/α,β-unsaturated/α-hetero) is 1. The number of rotatable bonds is 5. The number of ketones is 1. The van der Waals surface area contributed by atoms with E-state index in [9.17, 15) is 14.7 Å². The van der Waals surface area contributed by atoms with Gasteiger partial charge in [-0.3, -0.25) is 9.59 Å². The number of benzene rings is 1. The van der Waals surface area contributed by atoms with Crippen molar-refractivity contribution in [2.24, 2.45) is 34.0 Å². The number of aliphatic hydroxyl groups is 1. The molecule has 0 radical (unpaired) electrons. The quantitative estimate of drug-likeness (QED) is 0.316. The van der Waals surface area contributed by atoms with Crippen molar-refractivity contribution < 1.29 is 19.4 Å². The van der Waals surface area contributed by atoms with Crippen LogP contribution in [-0.2, 0) is 14.3 Å². The van der Waals surface area contributed by atoms with Crippen molar-refractivity contribution in [3.8, 4) is 0 Å². The molecule has 3 saturated carbocycles. The third-order valence-electron chi connectivity index (χ3n) is 9.95. The minimum Gasteiger partial charge on any atom is -0.461 e. The Hall–Kier alpha value is -1.59. The maximum absolute atomic E-state index is 13.4. The summed E-state index contributed by atoms with van der Waals surface area (Å²) >= 11 is 1.47. The largest absolute Gasteiger partial charge is 0.461 e. The van der Waals surface area contributed by atoms with Crippen LogP contribution in [0.25, 0.3) is 0 Å². The Kier molecular flexibility index (Phi) is 6.85. The topological polar surface area (TPSA) is 63.6 Å². The van der Waals surface area contributed by atoms with E-state index < -0.39 is 23.0 Å². The van der Waals surface area contributed by atoms with Gasteiger partial charge in [0, 0.05) is 28.1 Å². The minimum absolute atomic E-state index is 0.0208. The zero-order valence-corrected chi connectivity index (χ0v) is 22.1. The number of carbonyl (C=O) groups excluding carboxylic acids is 2. The van der Waals surface area contributed by atoms with Crippen molar-refractivity contribution in [1.29, 1.82) is 0 Å². The predicted octanol–water partition coefficient (Wildman–Crippen LogP) is 5.99. The van der Waals surface area contributed by atoms with E-state index in [1.165, 1.54) is 17.3 Å². The number of aliphatic hydroxyl groups excluding tert-OH is 1. The standard InChI is InChI=1S/C29H40O4S/c1-7-27(5)16-23(33-24(31)17-34-21-10-8-18(2)9-11-21)28(6)19(3)12-14-29(20(4)26(27)32)15-13-22(30)25(28)29/h7-11,19-20,23,25-26,32H,1,12-17H2,2-6H3/t19?,20-,23+,25?,26-,27+,28-,29?/m0/s1. The lowest BCUT2D eigenvalue weighted by Crippen LogP contribution is -2.63. The van der Waals surface area contributed by atoms with Crippen LogP contribution in [0.5, 0.6) is 0 Å². The van der Waals surface area contributed by atoms with Crippen molar-refractivity contribution in [2.75, 3.05) is 5.75 Å². The Bertz CT molecular complexity index is 957. The molecular formula is C29H40O4S.